The van der Waals surface area contributed by atoms with Gasteiger partial charge in [-0.05, 0) is 47.8 Å². The summed E-state index contributed by atoms with van der Waals surface area (Å²) in [4.78, 5) is 31.4. The molecule has 0 saturated carbocycles. The van der Waals surface area contributed by atoms with Crippen LogP contribution >= 0.6 is 23.1 Å². The first-order chi connectivity index (χ1) is 15.6. The summed E-state index contributed by atoms with van der Waals surface area (Å²) in [6.07, 6.45) is 0. The highest BCUT2D eigenvalue weighted by Gasteiger charge is 2.19. The lowest BCUT2D eigenvalue weighted by atomic mass is 10.2. The van der Waals surface area contributed by atoms with Crippen LogP contribution in [0.3, 0.4) is 0 Å². The molecule has 0 spiro atoms. The number of para-hydroxylation sites is 1. The molecule has 1 N–H and O–H groups in total. The number of fused-ring (bicyclic) bond motifs is 3. The minimum Gasteiger partial charge on any atom is -0.448 e. The van der Waals surface area contributed by atoms with Crippen molar-refractivity contribution in [3.63, 3.8) is 0 Å². The van der Waals surface area contributed by atoms with Gasteiger partial charge in [0.15, 0.2) is 5.16 Å². The monoisotopic (exact) mass is 465 g/mol. The summed E-state index contributed by atoms with van der Waals surface area (Å²) in [6, 6.07) is 16.7. The van der Waals surface area contributed by atoms with Crippen LogP contribution in [-0.4, -0.2) is 21.2 Å². The first-order valence-electron chi connectivity index (χ1n) is 9.71. The standard InChI is InChI=1S/C23H16FN3O3S2/c24-14-7-9-15(10-8-14)25-19(28)13-32-23-26-20-17-5-1-2-6-18(17)30-21(20)22(29)27(23)12-16-4-3-11-31-16/h1-11H,12-13H2,(H,25,28). The Kier molecular flexibility index (Phi) is 5.50. The van der Waals surface area contributed by atoms with E-state index in [1.807, 2.05) is 35.7 Å². The number of thioether (sulfide) groups is 1. The molecule has 5 rings (SSSR count). The molecule has 0 aliphatic heterocycles. The van der Waals surface area contributed by atoms with Crippen LogP contribution in [-0.2, 0) is 11.3 Å². The first kappa shape index (κ1) is 20.5. The van der Waals surface area contributed by atoms with Gasteiger partial charge in [0.1, 0.15) is 16.9 Å². The molecule has 6 nitrogen and oxygen atoms in total. The van der Waals surface area contributed by atoms with E-state index in [0.29, 0.717) is 28.5 Å². The maximum absolute atomic E-state index is 13.3. The molecule has 3 aromatic heterocycles. The number of amides is 1. The van der Waals surface area contributed by atoms with Gasteiger partial charge in [-0.25, -0.2) is 9.37 Å². The van der Waals surface area contributed by atoms with E-state index in [0.717, 1.165) is 10.3 Å². The van der Waals surface area contributed by atoms with Gasteiger partial charge in [0.2, 0.25) is 11.5 Å². The molecule has 9 heteroatoms. The third-order valence-electron chi connectivity index (χ3n) is 4.80. The van der Waals surface area contributed by atoms with Gasteiger partial charge in [-0.15, -0.1) is 11.3 Å². The number of nitrogens with one attached hydrogen (secondary N) is 1. The number of nitrogens with zero attached hydrogens (tertiary/aromatic N) is 2. The maximum Gasteiger partial charge on any atom is 0.298 e. The highest BCUT2D eigenvalue weighted by Crippen LogP contribution is 2.28. The number of carbonyl (C=O) groups is 1. The summed E-state index contributed by atoms with van der Waals surface area (Å²) in [6.45, 7) is 0.332. The second-order valence-electron chi connectivity index (χ2n) is 6.98. The molecule has 32 heavy (non-hydrogen) atoms. The number of hydrogen-bond donors (Lipinski definition) is 1. The zero-order valence-corrected chi connectivity index (χ0v) is 18.2. The predicted molar refractivity (Wildman–Crippen MR) is 125 cm³/mol. The van der Waals surface area contributed by atoms with Gasteiger partial charge in [-0.2, -0.15) is 0 Å². The maximum atomic E-state index is 13.3. The van der Waals surface area contributed by atoms with Crippen LogP contribution in [0.5, 0.6) is 0 Å². The van der Waals surface area contributed by atoms with Gasteiger partial charge in [0, 0.05) is 16.0 Å². The smallest absolute Gasteiger partial charge is 0.298 e. The van der Waals surface area contributed by atoms with Crippen LogP contribution in [0, 0.1) is 5.82 Å². The molecule has 160 valence electrons. The number of halogens is 1. The number of rotatable bonds is 6. The molecule has 0 unspecified atom stereocenters. The normalized spacial score (nSPS) is 11.3. The minimum atomic E-state index is -0.375. The molecule has 0 radical (unpaired) electrons. The summed E-state index contributed by atoms with van der Waals surface area (Å²) >= 11 is 2.70. The van der Waals surface area contributed by atoms with Gasteiger partial charge in [0.05, 0.1) is 12.3 Å². The lowest BCUT2D eigenvalue weighted by Gasteiger charge is -2.11. The molecule has 0 fully saturated rings. The molecular weight excluding hydrogens is 449 g/mol. The van der Waals surface area contributed by atoms with E-state index < -0.39 is 0 Å². The zero-order chi connectivity index (χ0) is 22.1. The quantitative estimate of drug-likeness (QED) is 0.278. The van der Waals surface area contributed by atoms with Crippen molar-refractivity contribution in [2.24, 2.45) is 0 Å². The van der Waals surface area contributed by atoms with E-state index in [2.05, 4.69) is 5.32 Å². The SMILES string of the molecule is O=C(CSc1nc2c(oc3ccccc32)c(=O)n1Cc1cccs1)Nc1ccc(F)cc1. The van der Waals surface area contributed by atoms with Gasteiger partial charge in [-0.1, -0.05) is 30.0 Å². The number of furan rings is 1. The molecule has 0 saturated heterocycles. The molecule has 0 aliphatic rings. The Morgan fingerprint density at radius 2 is 1.94 bits per heavy atom. The van der Waals surface area contributed by atoms with Gasteiger partial charge < -0.3 is 9.73 Å². The third-order valence-corrected chi connectivity index (χ3v) is 6.64. The fourth-order valence-electron chi connectivity index (χ4n) is 3.32. The Hall–Kier alpha value is -3.43. The number of benzene rings is 2. The highest BCUT2D eigenvalue weighted by molar-refractivity contribution is 7.99. The largest absolute Gasteiger partial charge is 0.448 e. The predicted octanol–water partition coefficient (Wildman–Crippen LogP) is 5.12. The number of aromatic nitrogens is 2. The Morgan fingerprint density at radius 3 is 2.72 bits per heavy atom. The lowest BCUT2D eigenvalue weighted by Crippen LogP contribution is -2.24. The van der Waals surface area contributed by atoms with E-state index in [9.17, 15) is 14.0 Å². The molecule has 2 aromatic carbocycles. The molecule has 3 heterocycles. The van der Waals surface area contributed by atoms with E-state index in [1.54, 1.807) is 6.07 Å². The molecular formula is C23H16FN3O3S2. The number of carbonyl (C=O) groups excluding carboxylic acids is 1. The summed E-state index contributed by atoms with van der Waals surface area (Å²) in [5.74, 6) is -0.620. The Bertz CT molecular complexity index is 1470. The number of thiophene rings is 1. The van der Waals surface area contributed by atoms with Crippen LogP contribution in [0.15, 0.2) is 80.4 Å². The Labute approximate surface area is 189 Å². The summed E-state index contributed by atoms with van der Waals surface area (Å²) in [7, 11) is 0. The van der Waals surface area contributed by atoms with E-state index in [-0.39, 0.29) is 28.6 Å². The van der Waals surface area contributed by atoms with Crippen molar-refractivity contribution in [2.45, 2.75) is 11.7 Å². The highest BCUT2D eigenvalue weighted by atomic mass is 32.2. The van der Waals surface area contributed by atoms with Crippen molar-refractivity contribution in [1.82, 2.24) is 9.55 Å². The lowest BCUT2D eigenvalue weighted by molar-refractivity contribution is -0.113. The summed E-state index contributed by atoms with van der Waals surface area (Å²) in [5.41, 5.74) is 1.47. The minimum absolute atomic E-state index is 0.0372. The van der Waals surface area contributed by atoms with Crippen LogP contribution in [0.25, 0.3) is 22.1 Å². The van der Waals surface area contributed by atoms with Crippen LogP contribution < -0.4 is 10.9 Å². The summed E-state index contributed by atoms with van der Waals surface area (Å²) in [5, 5.41) is 5.84. The van der Waals surface area contributed by atoms with Gasteiger partial charge in [-0.3, -0.25) is 14.2 Å². The van der Waals surface area contributed by atoms with Gasteiger partial charge >= 0.3 is 0 Å². The molecule has 0 bridgehead atoms. The van der Waals surface area contributed by atoms with Crippen LogP contribution in [0.1, 0.15) is 4.88 Å². The van der Waals surface area contributed by atoms with E-state index >= 15 is 0 Å². The Morgan fingerprint density at radius 1 is 1.12 bits per heavy atom. The summed E-state index contributed by atoms with van der Waals surface area (Å²) < 4.78 is 20.4. The van der Waals surface area contributed by atoms with Crippen LogP contribution in [0.2, 0.25) is 0 Å². The topological polar surface area (TPSA) is 77.1 Å². The number of hydrogen-bond acceptors (Lipinski definition) is 6. The second-order valence-corrected chi connectivity index (χ2v) is 8.96. The fourth-order valence-corrected chi connectivity index (χ4v) is 4.81. The molecule has 0 atom stereocenters. The Balaban J connectivity index is 1.49. The number of anilines is 1. The molecule has 1 amide bonds. The first-order valence-corrected chi connectivity index (χ1v) is 11.6. The van der Waals surface area contributed by atoms with Crippen molar-refractivity contribution in [1.29, 1.82) is 0 Å². The van der Waals surface area contributed by atoms with Crippen molar-refractivity contribution in [3.05, 3.63) is 87.1 Å². The molecule has 0 aliphatic carbocycles. The van der Waals surface area contributed by atoms with Crippen molar-refractivity contribution < 1.29 is 13.6 Å². The zero-order valence-electron chi connectivity index (χ0n) is 16.6. The van der Waals surface area contributed by atoms with Gasteiger partial charge in [0.25, 0.3) is 5.56 Å². The van der Waals surface area contributed by atoms with Crippen molar-refractivity contribution >= 4 is 56.8 Å². The third kappa shape index (κ3) is 4.04. The van der Waals surface area contributed by atoms with E-state index in [1.165, 1.54) is 51.9 Å². The average Bonchev–Trinajstić information content (AvgIpc) is 3.44. The van der Waals surface area contributed by atoms with E-state index in [4.69, 9.17) is 9.40 Å². The average molecular weight is 466 g/mol. The van der Waals surface area contributed by atoms with Crippen LogP contribution in [0.4, 0.5) is 10.1 Å². The van der Waals surface area contributed by atoms with Crippen molar-refractivity contribution in [2.75, 3.05) is 11.1 Å². The molecule has 5 aromatic rings. The fraction of sp³-hybridized carbons (Fsp3) is 0.0870. The van der Waals surface area contributed by atoms with Crippen molar-refractivity contribution in [3.8, 4) is 0 Å². The second kappa shape index (κ2) is 8.60.